The Hall–Kier alpha value is -2.80. The van der Waals surface area contributed by atoms with E-state index < -0.39 is 0 Å². The number of ketones is 3. The van der Waals surface area contributed by atoms with Gasteiger partial charge in [-0.05, 0) is 12.6 Å². The number of carbonyl (C=O) groups is 3. The van der Waals surface area contributed by atoms with Gasteiger partial charge < -0.3 is 10.2 Å². The van der Waals surface area contributed by atoms with Crippen molar-refractivity contribution in [1.82, 2.24) is 15.1 Å². The van der Waals surface area contributed by atoms with Crippen molar-refractivity contribution in [1.29, 1.82) is 0 Å². The third-order valence-corrected chi connectivity index (χ3v) is 6.13. The fraction of sp³-hybridized carbons (Fsp3) is 0.292. The molecule has 2 aromatic rings. The number of hydrogen-bond donors (Lipinski definition) is 1. The molecule has 0 spiro atoms. The molecular weight excluding hydrogens is 414 g/mol. The Labute approximate surface area is 186 Å². The van der Waals surface area contributed by atoms with Crippen molar-refractivity contribution in [3.63, 3.8) is 0 Å². The minimum Gasteiger partial charge on any atom is -0.376 e. The van der Waals surface area contributed by atoms with E-state index in [4.69, 9.17) is 11.6 Å². The first-order chi connectivity index (χ1) is 14.9. The van der Waals surface area contributed by atoms with Crippen LogP contribution in [0.15, 0.2) is 59.3 Å². The molecule has 7 heteroatoms. The lowest BCUT2D eigenvalue weighted by Gasteiger charge is -2.31. The van der Waals surface area contributed by atoms with Crippen molar-refractivity contribution in [2.75, 3.05) is 39.8 Å². The second-order valence-corrected chi connectivity index (χ2v) is 8.32. The SMILES string of the molecule is CN1CCN(CC(=O)c2ccc(CNC3=C(Cl)C(=O)c4ccccc4C3=O)cc2)CC1. The summed E-state index contributed by atoms with van der Waals surface area (Å²) >= 11 is 6.18. The van der Waals surface area contributed by atoms with Crippen molar-refractivity contribution < 1.29 is 14.4 Å². The number of carbonyl (C=O) groups excluding carboxylic acids is 3. The predicted molar refractivity (Wildman–Crippen MR) is 120 cm³/mol. The number of Topliss-reactive ketones (excluding diaryl/α,β-unsaturated/α-hetero) is 3. The number of piperazine rings is 1. The Bertz CT molecular complexity index is 1050. The number of benzene rings is 2. The molecule has 0 aromatic heterocycles. The molecule has 0 atom stereocenters. The molecule has 0 unspecified atom stereocenters. The van der Waals surface area contributed by atoms with Crippen LogP contribution in [0, 0.1) is 0 Å². The highest BCUT2D eigenvalue weighted by Crippen LogP contribution is 2.27. The molecule has 2 aliphatic rings. The molecule has 2 aromatic carbocycles. The highest BCUT2D eigenvalue weighted by molar-refractivity contribution is 6.49. The summed E-state index contributed by atoms with van der Waals surface area (Å²) in [5, 5.41) is 2.91. The van der Waals surface area contributed by atoms with Gasteiger partial charge >= 0.3 is 0 Å². The fourth-order valence-electron chi connectivity index (χ4n) is 3.80. The van der Waals surface area contributed by atoms with E-state index in [2.05, 4.69) is 22.2 Å². The summed E-state index contributed by atoms with van der Waals surface area (Å²) in [5.74, 6) is -0.553. The average Bonchev–Trinajstić information content (AvgIpc) is 2.79. The molecule has 6 nitrogen and oxygen atoms in total. The van der Waals surface area contributed by atoms with Crippen LogP contribution in [0.5, 0.6) is 0 Å². The molecular formula is C24H24ClN3O3. The van der Waals surface area contributed by atoms with Crippen LogP contribution in [0.2, 0.25) is 0 Å². The summed E-state index contributed by atoms with van der Waals surface area (Å²) in [5.41, 5.74) is 2.33. The lowest BCUT2D eigenvalue weighted by atomic mass is 9.92. The van der Waals surface area contributed by atoms with E-state index in [1.807, 2.05) is 12.1 Å². The van der Waals surface area contributed by atoms with Crippen LogP contribution in [0.1, 0.15) is 36.6 Å². The Morgan fingerprint density at radius 2 is 1.55 bits per heavy atom. The van der Waals surface area contributed by atoms with Crippen LogP contribution in [0.3, 0.4) is 0 Å². The maximum Gasteiger partial charge on any atom is 0.211 e. The van der Waals surface area contributed by atoms with Gasteiger partial charge in [-0.25, -0.2) is 0 Å². The number of fused-ring (bicyclic) bond motifs is 1. The fourth-order valence-corrected chi connectivity index (χ4v) is 4.06. The normalized spacial score (nSPS) is 17.6. The minimum atomic E-state index is -0.357. The molecule has 1 heterocycles. The standard InChI is InChI=1S/C24H24ClN3O3/c1-27-10-12-28(13-11-27)15-20(29)17-8-6-16(7-9-17)14-26-22-21(25)23(30)18-4-2-3-5-19(18)24(22)31/h2-9,26H,10-15H2,1H3. The van der Waals surface area contributed by atoms with Crippen LogP contribution < -0.4 is 5.32 Å². The molecule has 0 radical (unpaired) electrons. The van der Waals surface area contributed by atoms with Gasteiger partial charge in [0, 0.05) is 49.4 Å². The quantitative estimate of drug-likeness (QED) is 0.701. The van der Waals surface area contributed by atoms with Gasteiger partial charge in [0.15, 0.2) is 5.78 Å². The van der Waals surface area contributed by atoms with Gasteiger partial charge in [-0.15, -0.1) is 0 Å². The molecule has 4 rings (SSSR count). The molecule has 0 amide bonds. The average molecular weight is 438 g/mol. The maximum atomic E-state index is 12.7. The van der Waals surface area contributed by atoms with E-state index in [-0.39, 0.29) is 28.1 Å². The van der Waals surface area contributed by atoms with Crippen LogP contribution in [-0.2, 0) is 6.54 Å². The molecule has 1 N–H and O–H groups in total. The maximum absolute atomic E-state index is 12.7. The largest absolute Gasteiger partial charge is 0.376 e. The second kappa shape index (κ2) is 9.14. The highest BCUT2D eigenvalue weighted by atomic mass is 35.5. The summed E-state index contributed by atoms with van der Waals surface area (Å²) in [6, 6.07) is 14.0. The van der Waals surface area contributed by atoms with Gasteiger partial charge in [0.05, 0.1) is 6.54 Å². The van der Waals surface area contributed by atoms with Gasteiger partial charge in [0.25, 0.3) is 0 Å². The van der Waals surface area contributed by atoms with Gasteiger partial charge in [0.1, 0.15) is 10.7 Å². The third kappa shape index (κ3) is 4.61. The number of allylic oxidation sites excluding steroid dienone is 2. The lowest BCUT2D eigenvalue weighted by molar-refractivity contribution is 0.0876. The smallest absolute Gasteiger partial charge is 0.211 e. The summed E-state index contributed by atoms with van der Waals surface area (Å²) in [7, 11) is 2.09. The summed E-state index contributed by atoms with van der Waals surface area (Å²) < 4.78 is 0. The van der Waals surface area contributed by atoms with Crippen molar-refractivity contribution in [3.05, 3.63) is 81.5 Å². The number of likely N-dealkylation sites (N-methyl/N-ethyl adjacent to an activating group) is 1. The number of nitrogens with one attached hydrogen (secondary N) is 1. The molecule has 31 heavy (non-hydrogen) atoms. The van der Waals surface area contributed by atoms with Gasteiger partial charge in [0.2, 0.25) is 11.6 Å². The van der Waals surface area contributed by atoms with E-state index in [0.29, 0.717) is 29.8 Å². The zero-order chi connectivity index (χ0) is 22.0. The second-order valence-electron chi connectivity index (χ2n) is 7.95. The molecule has 0 bridgehead atoms. The van der Waals surface area contributed by atoms with E-state index >= 15 is 0 Å². The summed E-state index contributed by atoms with van der Waals surface area (Å²) in [4.78, 5) is 42.2. The van der Waals surface area contributed by atoms with Crippen LogP contribution in [-0.4, -0.2) is 66.9 Å². The Balaban J connectivity index is 1.38. The molecule has 0 saturated carbocycles. The van der Waals surface area contributed by atoms with Gasteiger partial charge in [-0.1, -0.05) is 60.1 Å². The predicted octanol–water partition coefficient (Wildman–Crippen LogP) is 2.74. The van der Waals surface area contributed by atoms with E-state index in [1.165, 1.54) is 0 Å². The summed E-state index contributed by atoms with van der Waals surface area (Å²) in [6.07, 6.45) is 0. The number of halogens is 1. The first kappa shape index (κ1) is 21.4. The zero-order valence-corrected chi connectivity index (χ0v) is 18.1. The van der Waals surface area contributed by atoms with Gasteiger partial charge in [-0.3, -0.25) is 19.3 Å². The van der Waals surface area contributed by atoms with Crippen molar-refractivity contribution in [2.45, 2.75) is 6.54 Å². The Morgan fingerprint density at radius 3 is 2.19 bits per heavy atom. The molecule has 160 valence electrons. The van der Waals surface area contributed by atoms with Crippen molar-refractivity contribution >= 4 is 29.0 Å². The monoisotopic (exact) mass is 437 g/mol. The number of rotatable bonds is 6. The third-order valence-electron chi connectivity index (χ3n) is 5.77. The van der Waals surface area contributed by atoms with Gasteiger partial charge in [-0.2, -0.15) is 0 Å². The molecule has 1 saturated heterocycles. The number of hydrogen-bond acceptors (Lipinski definition) is 6. The zero-order valence-electron chi connectivity index (χ0n) is 17.4. The molecule has 1 fully saturated rings. The van der Waals surface area contributed by atoms with Crippen LogP contribution in [0.4, 0.5) is 0 Å². The first-order valence-corrected chi connectivity index (χ1v) is 10.7. The topological polar surface area (TPSA) is 69.7 Å². The molecule has 1 aliphatic heterocycles. The van der Waals surface area contributed by atoms with Crippen LogP contribution >= 0.6 is 11.6 Å². The van der Waals surface area contributed by atoms with Crippen LogP contribution in [0.25, 0.3) is 0 Å². The molecule has 1 aliphatic carbocycles. The van der Waals surface area contributed by atoms with E-state index in [9.17, 15) is 14.4 Å². The number of nitrogens with zero attached hydrogens (tertiary/aromatic N) is 2. The van der Waals surface area contributed by atoms with E-state index in [0.717, 1.165) is 31.7 Å². The first-order valence-electron chi connectivity index (χ1n) is 10.3. The van der Waals surface area contributed by atoms with Crippen molar-refractivity contribution in [2.24, 2.45) is 0 Å². The highest BCUT2D eigenvalue weighted by Gasteiger charge is 2.31. The Morgan fingerprint density at radius 1 is 0.935 bits per heavy atom. The van der Waals surface area contributed by atoms with Crippen molar-refractivity contribution in [3.8, 4) is 0 Å². The minimum absolute atomic E-state index is 0.0947. The van der Waals surface area contributed by atoms with E-state index in [1.54, 1.807) is 36.4 Å². The Kier molecular flexibility index (Phi) is 6.32. The lowest BCUT2D eigenvalue weighted by Crippen LogP contribution is -2.46. The summed E-state index contributed by atoms with van der Waals surface area (Å²) in [6.45, 7) is 4.49.